The lowest BCUT2D eigenvalue weighted by atomic mass is 9.62. The number of ether oxygens (including phenoxy) is 2. The molecular formula is C39H46ClN3O4S. The van der Waals surface area contributed by atoms with Gasteiger partial charge < -0.3 is 14.4 Å². The summed E-state index contributed by atoms with van der Waals surface area (Å²) in [5.74, 6) is 4.87. The van der Waals surface area contributed by atoms with Gasteiger partial charge in [0.05, 0.1) is 27.7 Å². The number of amides is 1. The molecule has 4 aliphatic rings. The van der Waals surface area contributed by atoms with Crippen molar-refractivity contribution in [2.75, 3.05) is 31.7 Å². The average molecular weight is 688 g/mol. The summed E-state index contributed by atoms with van der Waals surface area (Å²) in [7, 11) is -1.18. The Hall–Kier alpha value is -3.33. The fourth-order valence-electron chi connectivity index (χ4n) is 8.54. The molecule has 2 aliphatic carbocycles. The average Bonchev–Trinajstić information content (AvgIpc) is 3.22. The first-order valence-electron chi connectivity index (χ1n) is 17.2. The van der Waals surface area contributed by atoms with Gasteiger partial charge in [0, 0.05) is 53.6 Å². The van der Waals surface area contributed by atoms with Gasteiger partial charge in [0.1, 0.15) is 11.4 Å². The minimum atomic E-state index is -2.96. The molecule has 7 atom stereocenters. The molecule has 7 nitrogen and oxygen atoms in total. The van der Waals surface area contributed by atoms with Crippen LogP contribution < -0.4 is 14.4 Å². The number of nitrogens with one attached hydrogen (secondary N) is 1. The molecule has 1 fully saturated rings. The molecule has 2 aromatic carbocycles. The number of nitrogens with zero attached hydrogens (tertiary/aromatic N) is 2. The number of halogens is 1. The number of pyridine rings is 1. The van der Waals surface area contributed by atoms with Crippen LogP contribution in [0.25, 0.3) is 0 Å². The minimum absolute atomic E-state index is 0.00434. The Morgan fingerprint density at radius 1 is 1.15 bits per heavy atom. The highest BCUT2D eigenvalue weighted by molar-refractivity contribution is 7.99. The molecular weight excluding hydrogens is 642 g/mol. The van der Waals surface area contributed by atoms with Gasteiger partial charge in [0.15, 0.2) is 0 Å². The van der Waals surface area contributed by atoms with Crippen LogP contribution in [-0.4, -0.2) is 53.0 Å². The van der Waals surface area contributed by atoms with Crippen LogP contribution in [0.1, 0.15) is 73.1 Å². The first-order chi connectivity index (χ1) is 23.0. The number of aromatic nitrogens is 1. The number of carbonyl (C=O) groups is 1. The zero-order valence-electron chi connectivity index (χ0n) is 28.1. The van der Waals surface area contributed by atoms with Crippen molar-refractivity contribution in [2.24, 2.45) is 17.8 Å². The fraction of sp³-hybridized carbons (Fsp3) is 0.462. The van der Waals surface area contributed by atoms with Crippen LogP contribution in [0.2, 0.25) is 5.02 Å². The standard InChI is InChI=1S/C39H46ClN3O4S/c1-26-9-7-19-39(46-3,36-11-5-6-20-41-36)33-15-12-30(33)23-43-24-38(18-8-10-28-21-31(40)14-16-32(28)38)25-47-35-17-13-29(22-34(35)43)37(44)42-48(4,45)27(26)2/h5-7,11,13-14,16-17,19-22,26-27,30,33H,4,8-10,12,15,18,23-25H2,1-3H3,(H,42,44,45)/b19-7+/t26-,27+,30-,33+,38-,39-,48?/m0/s1. The number of hydrogen-bond donors (Lipinski definition) is 1. The van der Waals surface area contributed by atoms with Gasteiger partial charge in [-0.25, -0.2) is 4.21 Å². The van der Waals surface area contributed by atoms with Gasteiger partial charge in [-0.1, -0.05) is 42.8 Å². The van der Waals surface area contributed by atoms with Crippen LogP contribution in [0.15, 0.2) is 72.9 Å². The van der Waals surface area contributed by atoms with Gasteiger partial charge in [0.25, 0.3) is 5.91 Å². The third kappa shape index (κ3) is 5.84. The third-order valence-corrected chi connectivity index (χ3v) is 14.1. The van der Waals surface area contributed by atoms with E-state index < -0.39 is 15.3 Å². The highest BCUT2D eigenvalue weighted by Gasteiger charge is 2.50. The second kappa shape index (κ2) is 12.8. The van der Waals surface area contributed by atoms with E-state index in [-0.39, 0.29) is 28.4 Å². The predicted octanol–water partition coefficient (Wildman–Crippen LogP) is 7.12. The van der Waals surface area contributed by atoms with Crippen molar-refractivity contribution >= 4 is 38.8 Å². The molecule has 2 bridgehead atoms. The molecule has 7 rings (SSSR count). The first kappa shape index (κ1) is 33.2. The van der Waals surface area contributed by atoms with Crippen LogP contribution in [0.4, 0.5) is 5.69 Å². The number of hydrogen-bond acceptors (Lipinski definition) is 6. The number of carbonyl (C=O) groups excluding carboxylic acids is 1. The maximum Gasteiger partial charge on any atom is 0.262 e. The maximum absolute atomic E-state index is 13.9. The number of methoxy groups -OCH3 is 1. The topological polar surface area (TPSA) is 80.8 Å². The quantitative estimate of drug-likeness (QED) is 0.228. The van der Waals surface area contributed by atoms with E-state index in [1.807, 2.05) is 43.5 Å². The van der Waals surface area contributed by atoms with Crippen molar-refractivity contribution in [2.45, 2.75) is 68.6 Å². The Balaban J connectivity index is 1.36. The molecule has 1 N–H and O–H groups in total. The van der Waals surface area contributed by atoms with Gasteiger partial charge in [0.2, 0.25) is 0 Å². The van der Waals surface area contributed by atoms with Crippen LogP contribution in [0.5, 0.6) is 5.75 Å². The molecule has 9 heteroatoms. The van der Waals surface area contributed by atoms with E-state index >= 15 is 0 Å². The Labute approximate surface area is 290 Å². The summed E-state index contributed by atoms with van der Waals surface area (Å²) in [5, 5.41) is 0.397. The third-order valence-electron chi connectivity index (χ3n) is 11.7. The smallest absolute Gasteiger partial charge is 0.262 e. The lowest BCUT2D eigenvalue weighted by Gasteiger charge is -2.50. The molecule has 3 heterocycles. The monoisotopic (exact) mass is 687 g/mol. The molecule has 1 saturated carbocycles. The summed E-state index contributed by atoms with van der Waals surface area (Å²) in [5.41, 5.74) is 3.84. The van der Waals surface area contributed by atoms with E-state index in [1.165, 1.54) is 11.1 Å². The highest BCUT2D eigenvalue weighted by atomic mass is 35.5. The van der Waals surface area contributed by atoms with E-state index in [4.69, 9.17) is 26.1 Å². The number of anilines is 1. The Bertz CT molecular complexity index is 1830. The molecule has 0 radical (unpaired) electrons. The zero-order chi connectivity index (χ0) is 33.7. The summed E-state index contributed by atoms with van der Waals surface area (Å²) in [6, 6.07) is 17.9. The molecule has 48 heavy (non-hydrogen) atoms. The Kier molecular flexibility index (Phi) is 8.88. The molecule has 1 unspecified atom stereocenters. The Morgan fingerprint density at radius 2 is 2.00 bits per heavy atom. The van der Waals surface area contributed by atoms with Crippen molar-refractivity contribution < 1.29 is 18.5 Å². The van der Waals surface area contributed by atoms with Crippen LogP contribution in [0.3, 0.4) is 0 Å². The van der Waals surface area contributed by atoms with Crippen LogP contribution in [0, 0.1) is 17.8 Å². The van der Waals surface area contributed by atoms with Gasteiger partial charge in [-0.3, -0.25) is 14.5 Å². The normalized spacial score (nSPS) is 34.1. The number of rotatable bonds is 2. The molecule has 3 aromatic rings. The largest absolute Gasteiger partial charge is 0.490 e. The minimum Gasteiger partial charge on any atom is -0.490 e. The maximum atomic E-state index is 13.9. The fourth-order valence-corrected chi connectivity index (χ4v) is 10.2. The summed E-state index contributed by atoms with van der Waals surface area (Å²) >= 11 is 6.48. The molecule has 254 valence electrons. The molecule has 1 aromatic heterocycles. The summed E-state index contributed by atoms with van der Waals surface area (Å²) in [6.07, 6.45) is 11.9. The van der Waals surface area contributed by atoms with Gasteiger partial charge in [-0.05, 0) is 117 Å². The summed E-state index contributed by atoms with van der Waals surface area (Å²) in [6.45, 7) is 6.00. The second-order valence-corrected chi connectivity index (χ2v) is 17.3. The number of benzene rings is 2. The first-order valence-corrected chi connectivity index (χ1v) is 19.4. The molecule has 1 spiro atoms. The number of fused-ring (bicyclic) bond motifs is 4. The molecule has 1 amide bonds. The zero-order valence-corrected chi connectivity index (χ0v) is 29.7. The predicted molar refractivity (Wildman–Crippen MR) is 194 cm³/mol. The summed E-state index contributed by atoms with van der Waals surface area (Å²) in [4.78, 5) is 21.0. The van der Waals surface area contributed by atoms with E-state index in [1.54, 1.807) is 13.2 Å². The SMILES string of the molecule is C=S1(=O)NC(=O)c2ccc3c(c2)N(C[C@@H]2CC[C@H]2[C@](OC)(c2ccccn2)/C=C/C[C@H](C)[C@H]1C)C[C@@]1(CCCc2cc(Cl)ccc21)CO3. The number of aryl methyl sites for hydroxylation is 1. The van der Waals surface area contributed by atoms with E-state index in [0.717, 1.165) is 67.3 Å². The van der Waals surface area contributed by atoms with E-state index in [2.05, 4.69) is 52.8 Å². The molecule has 0 saturated heterocycles. The highest BCUT2D eigenvalue weighted by Crippen LogP contribution is 2.51. The van der Waals surface area contributed by atoms with Crippen molar-refractivity contribution in [3.05, 3.63) is 100 Å². The number of allylic oxidation sites excluding steroid dienone is 1. The second-order valence-electron chi connectivity index (χ2n) is 14.4. The molecule has 2 aliphatic heterocycles. The van der Waals surface area contributed by atoms with Crippen molar-refractivity contribution in [3.8, 4) is 5.75 Å². The van der Waals surface area contributed by atoms with Gasteiger partial charge in [-0.15, -0.1) is 0 Å². The Morgan fingerprint density at radius 3 is 2.75 bits per heavy atom. The van der Waals surface area contributed by atoms with Crippen LogP contribution >= 0.6 is 11.6 Å². The van der Waals surface area contributed by atoms with Crippen molar-refractivity contribution in [1.29, 1.82) is 0 Å². The van der Waals surface area contributed by atoms with Gasteiger partial charge >= 0.3 is 0 Å². The van der Waals surface area contributed by atoms with E-state index in [9.17, 15) is 9.00 Å². The van der Waals surface area contributed by atoms with Crippen molar-refractivity contribution in [1.82, 2.24) is 9.71 Å². The van der Waals surface area contributed by atoms with Crippen molar-refractivity contribution in [3.63, 3.8) is 0 Å². The summed E-state index contributed by atoms with van der Waals surface area (Å²) < 4.78 is 30.0. The van der Waals surface area contributed by atoms with Crippen LogP contribution in [-0.2, 0) is 31.9 Å². The van der Waals surface area contributed by atoms with Gasteiger partial charge in [-0.2, -0.15) is 0 Å². The van der Waals surface area contributed by atoms with E-state index in [0.29, 0.717) is 24.5 Å². The lowest BCUT2D eigenvalue weighted by Crippen LogP contribution is -2.52. The lowest BCUT2D eigenvalue weighted by molar-refractivity contribution is -0.0831.